The van der Waals surface area contributed by atoms with Crippen LogP contribution in [0.1, 0.15) is 22.3 Å². The van der Waals surface area contributed by atoms with Crippen molar-refractivity contribution in [3.63, 3.8) is 0 Å². The molecule has 0 unspecified atom stereocenters. The van der Waals surface area contributed by atoms with Crippen molar-refractivity contribution in [3.05, 3.63) is 110 Å². The highest BCUT2D eigenvalue weighted by molar-refractivity contribution is 5.71. The Morgan fingerprint density at radius 1 is 0.968 bits per heavy atom. The fourth-order valence-electron chi connectivity index (χ4n) is 3.53. The highest BCUT2D eigenvalue weighted by Gasteiger charge is 2.12. The standard InChI is InChI=1S/C24H21FN2O4/c1-15-4-3-5-16(2)22(15)20-12-18(8-11-21(20)25)14-30-19-9-6-17(7-10-19)13-27-23(28)26-24(29)31-27/h3-12H,13-14H2,1-2H3,(H,26,28,29). The molecular formula is C24H21FN2O4. The van der Waals surface area contributed by atoms with Crippen molar-refractivity contribution >= 4 is 0 Å². The summed E-state index contributed by atoms with van der Waals surface area (Å²) in [7, 11) is 0. The predicted molar refractivity (Wildman–Crippen MR) is 115 cm³/mol. The number of H-pyrrole nitrogens is 1. The van der Waals surface area contributed by atoms with Crippen molar-refractivity contribution in [1.29, 1.82) is 0 Å². The van der Waals surface area contributed by atoms with E-state index in [0.29, 0.717) is 11.3 Å². The topological polar surface area (TPSA) is 77.2 Å². The lowest BCUT2D eigenvalue weighted by Crippen LogP contribution is -2.17. The molecular weight excluding hydrogens is 399 g/mol. The third-order valence-electron chi connectivity index (χ3n) is 5.06. The van der Waals surface area contributed by atoms with Gasteiger partial charge in [0.05, 0.1) is 6.54 Å². The van der Waals surface area contributed by atoms with E-state index < -0.39 is 11.4 Å². The summed E-state index contributed by atoms with van der Waals surface area (Å²) in [6.45, 7) is 4.36. The van der Waals surface area contributed by atoms with Gasteiger partial charge in [-0.25, -0.2) is 19.0 Å². The van der Waals surface area contributed by atoms with Crippen molar-refractivity contribution in [2.24, 2.45) is 0 Å². The zero-order valence-corrected chi connectivity index (χ0v) is 17.1. The first-order valence-electron chi connectivity index (χ1n) is 9.78. The molecule has 0 aliphatic heterocycles. The van der Waals surface area contributed by atoms with Crippen molar-refractivity contribution in [1.82, 2.24) is 9.72 Å². The number of hydrogen-bond acceptors (Lipinski definition) is 4. The second kappa shape index (κ2) is 8.47. The zero-order valence-electron chi connectivity index (χ0n) is 17.1. The molecule has 0 aliphatic rings. The number of nitrogens with zero attached hydrogens (tertiary/aromatic N) is 1. The van der Waals surface area contributed by atoms with Crippen LogP contribution >= 0.6 is 0 Å². The van der Waals surface area contributed by atoms with Crippen LogP contribution in [0.4, 0.5) is 4.39 Å². The molecule has 0 spiro atoms. The maximum Gasteiger partial charge on any atom is 0.440 e. The fraction of sp³-hybridized carbons (Fsp3) is 0.167. The Kier molecular flexibility index (Phi) is 5.58. The summed E-state index contributed by atoms with van der Waals surface area (Å²) in [6.07, 6.45) is 0. The normalized spacial score (nSPS) is 10.9. The minimum Gasteiger partial charge on any atom is -0.489 e. The monoisotopic (exact) mass is 420 g/mol. The van der Waals surface area contributed by atoms with Crippen LogP contribution < -0.4 is 16.2 Å². The largest absolute Gasteiger partial charge is 0.489 e. The van der Waals surface area contributed by atoms with Crippen molar-refractivity contribution in [3.8, 4) is 16.9 Å². The molecule has 4 rings (SSSR count). The Morgan fingerprint density at radius 2 is 1.65 bits per heavy atom. The molecule has 7 heteroatoms. The van der Waals surface area contributed by atoms with E-state index in [-0.39, 0.29) is 19.0 Å². The number of rotatable bonds is 6. The molecule has 1 aromatic heterocycles. The Balaban J connectivity index is 1.48. The van der Waals surface area contributed by atoms with E-state index in [4.69, 9.17) is 9.26 Å². The molecule has 1 N–H and O–H groups in total. The van der Waals surface area contributed by atoms with Crippen LogP contribution in [-0.4, -0.2) is 9.72 Å². The molecule has 0 aliphatic carbocycles. The highest BCUT2D eigenvalue weighted by Crippen LogP contribution is 2.30. The van der Waals surface area contributed by atoms with E-state index in [2.05, 4.69) is 0 Å². The number of aromatic nitrogens is 2. The van der Waals surface area contributed by atoms with E-state index in [9.17, 15) is 14.0 Å². The van der Waals surface area contributed by atoms with Crippen LogP contribution in [0.3, 0.4) is 0 Å². The average molecular weight is 420 g/mol. The molecule has 4 aromatic rings. The fourth-order valence-corrected chi connectivity index (χ4v) is 3.53. The average Bonchev–Trinajstić information content (AvgIpc) is 3.06. The molecule has 0 saturated carbocycles. The smallest absolute Gasteiger partial charge is 0.440 e. The van der Waals surface area contributed by atoms with E-state index >= 15 is 0 Å². The summed E-state index contributed by atoms with van der Waals surface area (Å²) in [5.74, 6) is -0.425. The lowest BCUT2D eigenvalue weighted by molar-refractivity contribution is 0.258. The molecule has 158 valence electrons. The zero-order chi connectivity index (χ0) is 22.0. The van der Waals surface area contributed by atoms with Gasteiger partial charge < -0.3 is 9.26 Å². The summed E-state index contributed by atoms with van der Waals surface area (Å²) < 4.78 is 26.1. The van der Waals surface area contributed by atoms with E-state index in [1.54, 1.807) is 30.3 Å². The molecule has 31 heavy (non-hydrogen) atoms. The maximum absolute atomic E-state index is 14.5. The Bertz CT molecular complexity index is 1310. The van der Waals surface area contributed by atoms with Crippen LogP contribution in [-0.2, 0) is 13.2 Å². The van der Waals surface area contributed by atoms with Gasteiger partial charge in [0.15, 0.2) is 0 Å². The lowest BCUT2D eigenvalue weighted by atomic mass is 9.94. The predicted octanol–water partition coefficient (Wildman–Crippen LogP) is 4.18. The van der Waals surface area contributed by atoms with Gasteiger partial charge in [-0.15, -0.1) is 4.74 Å². The van der Waals surface area contributed by atoms with Gasteiger partial charge in [-0.2, -0.15) is 0 Å². The summed E-state index contributed by atoms with van der Waals surface area (Å²) in [6, 6.07) is 18.0. The third kappa shape index (κ3) is 4.50. The Morgan fingerprint density at radius 3 is 2.29 bits per heavy atom. The van der Waals surface area contributed by atoms with Gasteiger partial charge in [-0.05, 0) is 65.9 Å². The molecule has 0 saturated heterocycles. The first-order valence-corrected chi connectivity index (χ1v) is 9.78. The van der Waals surface area contributed by atoms with Crippen LogP contribution in [0.25, 0.3) is 11.1 Å². The molecule has 0 atom stereocenters. The van der Waals surface area contributed by atoms with Gasteiger partial charge in [0, 0.05) is 5.56 Å². The van der Waals surface area contributed by atoms with E-state index in [1.165, 1.54) is 6.07 Å². The van der Waals surface area contributed by atoms with Crippen LogP contribution in [0, 0.1) is 19.7 Å². The van der Waals surface area contributed by atoms with Crippen LogP contribution in [0.5, 0.6) is 5.75 Å². The van der Waals surface area contributed by atoms with E-state index in [1.807, 2.05) is 43.1 Å². The summed E-state index contributed by atoms with van der Waals surface area (Å²) in [5.41, 5.74) is 4.53. The summed E-state index contributed by atoms with van der Waals surface area (Å²) in [4.78, 5) is 24.6. The third-order valence-corrected chi connectivity index (χ3v) is 5.06. The number of halogens is 1. The molecule has 1 heterocycles. The van der Waals surface area contributed by atoms with Crippen molar-refractivity contribution in [2.45, 2.75) is 27.0 Å². The van der Waals surface area contributed by atoms with Gasteiger partial charge in [0.2, 0.25) is 0 Å². The van der Waals surface area contributed by atoms with Gasteiger partial charge >= 0.3 is 11.4 Å². The van der Waals surface area contributed by atoms with Gasteiger partial charge in [0.25, 0.3) is 0 Å². The number of nitrogens with one attached hydrogen (secondary N) is 1. The molecule has 0 bridgehead atoms. The number of ether oxygens (including phenoxy) is 1. The Labute approximate surface area is 177 Å². The molecule has 0 radical (unpaired) electrons. The van der Waals surface area contributed by atoms with Crippen LogP contribution in [0.15, 0.2) is 74.8 Å². The minimum absolute atomic E-state index is 0.134. The lowest BCUT2D eigenvalue weighted by Gasteiger charge is -2.13. The highest BCUT2D eigenvalue weighted by atomic mass is 19.1. The number of aryl methyl sites for hydroxylation is 2. The van der Waals surface area contributed by atoms with Gasteiger partial charge in [-0.3, -0.25) is 0 Å². The Hall–Kier alpha value is -3.87. The summed E-state index contributed by atoms with van der Waals surface area (Å²) in [5, 5.41) is 0. The van der Waals surface area contributed by atoms with Gasteiger partial charge in [-0.1, -0.05) is 36.4 Å². The number of benzene rings is 3. The molecule has 6 nitrogen and oxygen atoms in total. The number of aromatic amines is 1. The van der Waals surface area contributed by atoms with E-state index in [0.717, 1.165) is 32.6 Å². The number of hydrogen-bond donors (Lipinski definition) is 1. The SMILES string of the molecule is Cc1cccc(C)c1-c1cc(COc2ccc(Cn3oc(=O)[nH]c3=O)cc2)ccc1F. The molecule has 0 fully saturated rings. The van der Waals surface area contributed by atoms with Crippen molar-refractivity contribution in [2.75, 3.05) is 0 Å². The van der Waals surface area contributed by atoms with Gasteiger partial charge in [0.1, 0.15) is 18.2 Å². The molecule has 3 aromatic carbocycles. The quantitative estimate of drug-likeness (QED) is 0.508. The minimum atomic E-state index is -0.787. The summed E-state index contributed by atoms with van der Waals surface area (Å²) >= 11 is 0. The maximum atomic E-state index is 14.5. The first kappa shape index (κ1) is 20.4. The molecule has 0 amide bonds. The first-order chi connectivity index (χ1) is 14.9. The van der Waals surface area contributed by atoms with Crippen LogP contribution in [0.2, 0.25) is 0 Å². The second-order valence-corrected chi connectivity index (χ2v) is 7.36. The van der Waals surface area contributed by atoms with Crippen molar-refractivity contribution < 1.29 is 13.7 Å². The second-order valence-electron chi connectivity index (χ2n) is 7.36.